The molecule has 3 rings (SSSR count). The second kappa shape index (κ2) is 10.4. The Kier molecular flexibility index (Phi) is 8.23. The van der Waals surface area contributed by atoms with Gasteiger partial charge in [0, 0.05) is 42.9 Å². The molecule has 3 aromatic rings. The lowest BCUT2D eigenvalue weighted by Gasteiger charge is -2.37. The normalized spacial score (nSPS) is 13.3. The smallest absolute Gasteiger partial charge is 0.191 e. The maximum Gasteiger partial charge on any atom is 0.191 e. The quantitative estimate of drug-likeness (QED) is 0.214. The van der Waals surface area contributed by atoms with E-state index in [4.69, 9.17) is 16.0 Å². The van der Waals surface area contributed by atoms with Gasteiger partial charge in [-0.15, -0.1) is 11.3 Å². The summed E-state index contributed by atoms with van der Waals surface area (Å²) in [6.45, 7) is 13.5. The summed E-state index contributed by atoms with van der Waals surface area (Å²) in [6, 6.07) is 6.96. The van der Waals surface area contributed by atoms with Gasteiger partial charge in [0.2, 0.25) is 0 Å². The molecular weight excluding hydrogens is 487 g/mol. The molecule has 0 fully saturated rings. The van der Waals surface area contributed by atoms with Crippen LogP contribution in [0.5, 0.6) is 0 Å². The summed E-state index contributed by atoms with van der Waals surface area (Å²) in [5, 5.41) is 2.49. The number of halogens is 2. The molecule has 0 N–H and O–H groups in total. The first kappa shape index (κ1) is 26.8. The first-order chi connectivity index (χ1) is 15.8. The molecule has 1 aromatic carbocycles. The predicted molar refractivity (Wildman–Crippen MR) is 142 cm³/mol. The number of aryl methyl sites for hydroxylation is 2. The molecule has 0 saturated heterocycles. The number of hydrogen-bond acceptors (Lipinski definition) is 4. The van der Waals surface area contributed by atoms with Gasteiger partial charge in [0.1, 0.15) is 11.0 Å². The number of hydrogen-bond donors (Lipinski definition) is 0. The van der Waals surface area contributed by atoms with E-state index >= 15 is 0 Å². The van der Waals surface area contributed by atoms with Crippen LogP contribution in [0.15, 0.2) is 35.8 Å². The van der Waals surface area contributed by atoms with E-state index in [0.717, 1.165) is 22.4 Å². The van der Waals surface area contributed by atoms with Crippen LogP contribution >= 0.6 is 22.9 Å². The minimum atomic E-state index is -2.01. The number of ketones is 1. The van der Waals surface area contributed by atoms with E-state index in [0.29, 0.717) is 29.6 Å². The van der Waals surface area contributed by atoms with Crippen LogP contribution in [-0.4, -0.2) is 30.3 Å². The van der Waals surface area contributed by atoms with E-state index < -0.39 is 8.32 Å². The van der Waals surface area contributed by atoms with Gasteiger partial charge in [-0.25, -0.2) is 9.37 Å². The molecule has 0 aliphatic rings. The van der Waals surface area contributed by atoms with Crippen molar-refractivity contribution in [3.8, 4) is 11.3 Å². The van der Waals surface area contributed by atoms with Crippen molar-refractivity contribution < 1.29 is 13.6 Å². The molecule has 2 heterocycles. The van der Waals surface area contributed by atoms with E-state index in [9.17, 15) is 9.18 Å². The summed E-state index contributed by atoms with van der Waals surface area (Å²) in [4.78, 5) is 17.2. The summed E-state index contributed by atoms with van der Waals surface area (Å²) in [5.74, 6) is -0.394. The van der Waals surface area contributed by atoms with Crippen molar-refractivity contribution in [2.24, 2.45) is 13.0 Å². The molecule has 184 valence electrons. The fourth-order valence-electron chi connectivity index (χ4n) is 3.74. The number of nitrogens with zero attached hydrogens (tertiary/aromatic N) is 2. The SMILES string of the molecule is Cc1cc(-c2cc(F)ccc2CC(CO[Si](C)(C)C(C)(C)C)CC(=O)c2nc(Cl)cs2)n(C)c1. The summed E-state index contributed by atoms with van der Waals surface area (Å²) in [5.41, 5.74) is 3.91. The molecule has 2 aromatic heterocycles. The molecule has 0 spiro atoms. The van der Waals surface area contributed by atoms with Gasteiger partial charge < -0.3 is 8.99 Å². The highest BCUT2D eigenvalue weighted by atomic mass is 35.5. The van der Waals surface area contributed by atoms with Gasteiger partial charge in [-0.2, -0.15) is 0 Å². The molecule has 34 heavy (non-hydrogen) atoms. The zero-order valence-electron chi connectivity index (χ0n) is 21.0. The van der Waals surface area contributed by atoms with E-state index in [2.05, 4.69) is 44.9 Å². The van der Waals surface area contributed by atoms with E-state index in [1.807, 2.05) is 30.8 Å². The monoisotopic (exact) mass is 520 g/mol. The van der Waals surface area contributed by atoms with Crippen LogP contribution in [0.2, 0.25) is 23.3 Å². The number of thiazole rings is 1. The van der Waals surface area contributed by atoms with Crippen molar-refractivity contribution in [1.82, 2.24) is 9.55 Å². The van der Waals surface area contributed by atoms with Crippen molar-refractivity contribution in [3.63, 3.8) is 0 Å². The first-order valence-corrected chi connectivity index (χ1v) is 15.6. The molecule has 0 radical (unpaired) electrons. The van der Waals surface area contributed by atoms with Crippen LogP contribution < -0.4 is 0 Å². The van der Waals surface area contributed by atoms with Crippen LogP contribution in [0.25, 0.3) is 11.3 Å². The fourth-order valence-corrected chi connectivity index (χ4v) is 5.72. The van der Waals surface area contributed by atoms with Gasteiger partial charge in [0.15, 0.2) is 19.1 Å². The largest absolute Gasteiger partial charge is 0.417 e. The number of benzene rings is 1. The molecule has 4 nitrogen and oxygen atoms in total. The van der Waals surface area contributed by atoms with E-state index in [1.54, 1.807) is 11.4 Å². The second-order valence-corrected chi connectivity index (χ2v) is 16.6. The lowest BCUT2D eigenvalue weighted by molar-refractivity contribution is 0.0938. The second-order valence-electron chi connectivity index (χ2n) is 10.6. The van der Waals surface area contributed by atoms with Crippen molar-refractivity contribution in [2.45, 2.75) is 58.7 Å². The molecule has 1 unspecified atom stereocenters. The number of carbonyl (C=O) groups excluding carboxylic acids is 1. The van der Waals surface area contributed by atoms with Gasteiger partial charge in [-0.05, 0) is 66.7 Å². The third kappa shape index (κ3) is 6.45. The molecule has 0 aliphatic heterocycles. The lowest BCUT2D eigenvalue weighted by Crippen LogP contribution is -2.42. The molecule has 0 aliphatic carbocycles. The zero-order valence-corrected chi connectivity index (χ0v) is 23.6. The first-order valence-electron chi connectivity index (χ1n) is 11.5. The van der Waals surface area contributed by atoms with Crippen LogP contribution in [0.1, 0.15) is 48.1 Å². The Morgan fingerprint density at radius 1 is 1.29 bits per heavy atom. The van der Waals surface area contributed by atoms with Crippen LogP contribution in [0.4, 0.5) is 4.39 Å². The fraction of sp³-hybridized carbons (Fsp3) is 0.462. The highest BCUT2D eigenvalue weighted by molar-refractivity contribution is 7.12. The average molecular weight is 521 g/mol. The van der Waals surface area contributed by atoms with Gasteiger partial charge in [0.25, 0.3) is 0 Å². The summed E-state index contributed by atoms with van der Waals surface area (Å²) >= 11 is 7.22. The third-order valence-corrected chi connectivity index (χ3v) is 12.4. The molecule has 0 bridgehead atoms. The van der Waals surface area contributed by atoms with Crippen LogP contribution in [-0.2, 0) is 17.9 Å². The molecule has 0 amide bonds. The van der Waals surface area contributed by atoms with Crippen molar-refractivity contribution in [2.75, 3.05) is 6.61 Å². The maximum atomic E-state index is 14.3. The molecular formula is C26H34ClFN2O2SSi. The molecule has 8 heteroatoms. The van der Waals surface area contributed by atoms with E-state index in [-0.39, 0.29) is 22.6 Å². The predicted octanol–water partition coefficient (Wildman–Crippen LogP) is 7.70. The van der Waals surface area contributed by atoms with Crippen LogP contribution in [0, 0.1) is 18.7 Å². The Labute approximate surface area is 212 Å². The van der Waals surface area contributed by atoms with Crippen LogP contribution in [0.3, 0.4) is 0 Å². The Balaban J connectivity index is 1.92. The highest BCUT2D eigenvalue weighted by Gasteiger charge is 2.38. The Morgan fingerprint density at radius 2 is 2.00 bits per heavy atom. The maximum absolute atomic E-state index is 14.3. The van der Waals surface area contributed by atoms with Crippen molar-refractivity contribution in [1.29, 1.82) is 0 Å². The van der Waals surface area contributed by atoms with E-state index in [1.165, 1.54) is 17.4 Å². The Morgan fingerprint density at radius 3 is 2.56 bits per heavy atom. The standard InChI is InChI=1S/C26H34ClFN2O2SSi/c1-17-10-22(30(5)14-17)21-13-20(28)9-8-19(21)11-18(15-32-34(6,7)26(2,3)4)12-23(31)25-29-24(27)16-33-25/h8-10,13-14,16,18H,11-12,15H2,1-7H3. The summed E-state index contributed by atoms with van der Waals surface area (Å²) in [6.07, 6.45) is 2.92. The Bertz CT molecular complexity index is 1170. The number of aromatic nitrogens is 2. The topological polar surface area (TPSA) is 44.1 Å². The minimum absolute atomic E-state index is 0.0425. The average Bonchev–Trinajstić information content (AvgIpc) is 3.31. The molecule has 0 saturated carbocycles. The number of carbonyl (C=O) groups is 1. The van der Waals surface area contributed by atoms with Crippen molar-refractivity contribution in [3.05, 3.63) is 62.9 Å². The Hall–Kier alpha value is -1.80. The van der Waals surface area contributed by atoms with Gasteiger partial charge >= 0.3 is 0 Å². The number of rotatable bonds is 9. The molecule has 1 atom stereocenters. The summed E-state index contributed by atoms with van der Waals surface area (Å²) < 4.78 is 22.8. The van der Waals surface area contributed by atoms with Gasteiger partial charge in [-0.1, -0.05) is 38.4 Å². The number of Topliss-reactive ketones (excluding diaryl/α,β-unsaturated/α-hetero) is 1. The minimum Gasteiger partial charge on any atom is -0.417 e. The van der Waals surface area contributed by atoms with Gasteiger partial charge in [-0.3, -0.25) is 4.79 Å². The summed E-state index contributed by atoms with van der Waals surface area (Å²) in [7, 11) is -0.0496. The third-order valence-electron chi connectivity index (χ3n) is 6.67. The highest BCUT2D eigenvalue weighted by Crippen LogP contribution is 2.37. The lowest BCUT2D eigenvalue weighted by atomic mass is 9.91. The zero-order chi connectivity index (χ0) is 25.3. The van der Waals surface area contributed by atoms with Crippen molar-refractivity contribution >= 4 is 37.0 Å². The van der Waals surface area contributed by atoms with Gasteiger partial charge in [0.05, 0.1) is 0 Å².